The third kappa shape index (κ3) is 1.37. The van der Waals surface area contributed by atoms with Crippen LogP contribution in [0.3, 0.4) is 0 Å². The molecule has 70 valence electrons. The molecule has 1 aromatic carbocycles. The maximum absolute atomic E-state index is 11.0. The summed E-state index contributed by atoms with van der Waals surface area (Å²) in [5.74, 6) is 0.215. The molecule has 4 nitrogen and oxygen atoms in total. The molecule has 14 heavy (non-hydrogen) atoms. The summed E-state index contributed by atoms with van der Waals surface area (Å²) in [5.41, 5.74) is -0.141. The molecule has 0 aliphatic rings. The average molecular weight is 190 g/mol. The van der Waals surface area contributed by atoms with Crippen LogP contribution < -0.4 is 10.4 Å². The number of carbonyl (C=O) groups excluding carboxylic acids is 1. The molecule has 0 unspecified atom stereocenters. The SMILES string of the molecule is O=COc1cc(=O)oc2ccccc12. The predicted octanol–water partition coefficient (Wildman–Crippen LogP) is 1.33. The molecule has 1 heterocycles. The van der Waals surface area contributed by atoms with Crippen LogP contribution in [0, 0.1) is 0 Å². The Kier molecular flexibility index (Phi) is 2.02. The van der Waals surface area contributed by atoms with Crippen molar-refractivity contribution >= 4 is 17.4 Å². The fraction of sp³-hybridized carbons (Fsp3) is 0. The first kappa shape index (κ1) is 8.50. The highest BCUT2D eigenvalue weighted by atomic mass is 16.5. The zero-order valence-corrected chi connectivity index (χ0v) is 7.10. The molecule has 4 heteroatoms. The highest BCUT2D eigenvalue weighted by molar-refractivity contribution is 5.83. The van der Waals surface area contributed by atoms with Gasteiger partial charge < -0.3 is 9.15 Å². The molecule has 2 aromatic rings. The molecule has 0 aliphatic carbocycles. The summed E-state index contributed by atoms with van der Waals surface area (Å²) >= 11 is 0. The quantitative estimate of drug-likeness (QED) is 0.529. The van der Waals surface area contributed by atoms with Gasteiger partial charge in [-0.3, -0.25) is 4.79 Å². The largest absolute Gasteiger partial charge is 0.428 e. The van der Waals surface area contributed by atoms with E-state index < -0.39 is 5.63 Å². The molecule has 2 rings (SSSR count). The summed E-state index contributed by atoms with van der Waals surface area (Å²) in [7, 11) is 0. The molecule has 0 amide bonds. The van der Waals surface area contributed by atoms with Gasteiger partial charge in [-0.1, -0.05) is 12.1 Å². The molecular weight excluding hydrogens is 184 g/mol. The number of rotatable bonds is 2. The summed E-state index contributed by atoms with van der Waals surface area (Å²) < 4.78 is 9.56. The minimum atomic E-state index is -0.541. The van der Waals surface area contributed by atoms with Crippen LogP contribution in [0.4, 0.5) is 0 Å². The first-order chi connectivity index (χ1) is 6.81. The van der Waals surface area contributed by atoms with Gasteiger partial charge in [0.05, 0.1) is 11.5 Å². The number of fused-ring (bicyclic) bond motifs is 1. The topological polar surface area (TPSA) is 56.5 Å². The average Bonchev–Trinajstić information content (AvgIpc) is 2.18. The van der Waals surface area contributed by atoms with Gasteiger partial charge in [-0.2, -0.15) is 0 Å². The Morgan fingerprint density at radius 2 is 2.07 bits per heavy atom. The molecule has 0 spiro atoms. The van der Waals surface area contributed by atoms with E-state index in [9.17, 15) is 9.59 Å². The van der Waals surface area contributed by atoms with Gasteiger partial charge in [0.2, 0.25) is 0 Å². The summed E-state index contributed by atoms with van der Waals surface area (Å²) in [4.78, 5) is 21.2. The summed E-state index contributed by atoms with van der Waals surface area (Å²) in [6.45, 7) is 0.279. The van der Waals surface area contributed by atoms with Gasteiger partial charge in [-0.05, 0) is 12.1 Å². The first-order valence-electron chi connectivity index (χ1n) is 3.94. The third-order valence-corrected chi connectivity index (χ3v) is 1.79. The van der Waals surface area contributed by atoms with Gasteiger partial charge >= 0.3 is 5.63 Å². The van der Waals surface area contributed by atoms with Crippen molar-refractivity contribution < 1.29 is 13.9 Å². The van der Waals surface area contributed by atoms with Crippen LogP contribution in [0.5, 0.6) is 5.75 Å². The van der Waals surface area contributed by atoms with Gasteiger partial charge in [0.15, 0.2) is 0 Å². The van der Waals surface area contributed by atoms with E-state index in [1.165, 1.54) is 0 Å². The van der Waals surface area contributed by atoms with Crippen LogP contribution in [0.25, 0.3) is 11.0 Å². The Morgan fingerprint density at radius 1 is 1.29 bits per heavy atom. The second-order valence-corrected chi connectivity index (χ2v) is 2.64. The Bertz CT molecular complexity index is 527. The van der Waals surface area contributed by atoms with Crippen molar-refractivity contribution in [1.29, 1.82) is 0 Å². The number of benzene rings is 1. The monoisotopic (exact) mass is 190 g/mol. The van der Waals surface area contributed by atoms with Gasteiger partial charge in [0, 0.05) is 0 Å². The molecule has 0 atom stereocenters. The van der Waals surface area contributed by atoms with Crippen molar-refractivity contribution in [3.05, 3.63) is 40.8 Å². The van der Waals surface area contributed by atoms with Crippen LogP contribution in [-0.2, 0) is 4.79 Å². The van der Waals surface area contributed by atoms with Crippen molar-refractivity contribution in [2.24, 2.45) is 0 Å². The molecular formula is C10H6O4. The van der Waals surface area contributed by atoms with Crippen molar-refractivity contribution in [2.45, 2.75) is 0 Å². The van der Waals surface area contributed by atoms with Crippen molar-refractivity contribution in [3.63, 3.8) is 0 Å². The Hall–Kier alpha value is -2.10. The van der Waals surface area contributed by atoms with E-state index in [0.717, 1.165) is 6.07 Å². The molecule has 0 saturated carbocycles. The van der Waals surface area contributed by atoms with E-state index >= 15 is 0 Å². The number of carbonyl (C=O) groups is 1. The Morgan fingerprint density at radius 3 is 2.86 bits per heavy atom. The van der Waals surface area contributed by atoms with Crippen LogP contribution in [0.15, 0.2) is 39.5 Å². The van der Waals surface area contributed by atoms with E-state index in [1.807, 2.05) is 0 Å². The lowest BCUT2D eigenvalue weighted by Gasteiger charge is -2.00. The molecule has 0 radical (unpaired) electrons. The second-order valence-electron chi connectivity index (χ2n) is 2.64. The lowest BCUT2D eigenvalue weighted by molar-refractivity contribution is -0.120. The lowest BCUT2D eigenvalue weighted by atomic mass is 10.2. The molecule has 0 bridgehead atoms. The third-order valence-electron chi connectivity index (χ3n) is 1.79. The fourth-order valence-electron chi connectivity index (χ4n) is 1.23. The summed E-state index contributed by atoms with van der Waals surface area (Å²) in [5, 5.41) is 0.596. The van der Waals surface area contributed by atoms with Crippen molar-refractivity contribution in [3.8, 4) is 5.75 Å². The normalized spacial score (nSPS) is 10.0. The highest BCUT2D eigenvalue weighted by Gasteiger charge is 2.04. The van der Waals surface area contributed by atoms with Gasteiger partial charge in [0.25, 0.3) is 6.47 Å². The van der Waals surface area contributed by atoms with Crippen molar-refractivity contribution in [2.75, 3.05) is 0 Å². The molecule has 0 saturated heterocycles. The van der Waals surface area contributed by atoms with Gasteiger partial charge in [-0.25, -0.2) is 4.79 Å². The minimum absolute atomic E-state index is 0.215. The Labute approximate surface area is 78.7 Å². The number of para-hydroxylation sites is 1. The van der Waals surface area contributed by atoms with Crippen LogP contribution in [0.2, 0.25) is 0 Å². The first-order valence-corrected chi connectivity index (χ1v) is 3.94. The molecule has 1 aromatic heterocycles. The van der Waals surface area contributed by atoms with Crippen molar-refractivity contribution in [1.82, 2.24) is 0 Å². The van der Waals surface area contributed by atoms with Crippen LogP contribution >= 0.6 is 0 Å². The number of ether oxygens (including phenoxy) is 1. The number of hydrogen-bond acceptors (Lipinski definition) is 4. The zero-order chi connectivity index (χ0) is 9.97. The highest BCUT2D eigenvalue weighted by Crippen LogP contribution is 2.22. The van der Waals surface area contributed by atoms with Crippen LogP contribution in [-0.4, -0.2) is 6.47 Å². The predicted molar refractivity (Wildman–Crippen MR) is 49.2 cm³/mol. The summed E-state index contributed by atoms with van der Waals surface area (Å²) in [6.07, 6.45) is 0. The van der Waals surface area contributed by atoms with E-state index in [0.29, 0.717) is 11.0 Å². The summed E-state index contributed by atoms with van der Waals surface area (Å²) in [6, 6.07) is 7.97. The Balaban J connectivity index is 2.79. The minimum Gasteiger partial charge on any atom is -0.428 e. The maximum Gasteiger partial charge on any atom is 0.339 e. The zero-order valence-electron chi connectivity index (χ0n) is 7.10. The van der Waals surface area contributed by atoms with Gasteiger partial charge in [0.1, 0.15) is 11.3 Å². The van der Waals surface area contributed by atoms with Gasteiger partial charge in [-0.15, -0.1) is 0 Å². The van der Waals surface area contributed by atoms with E-state index in [4.69, 9.17) is 4.42 Å². The van der Waals surface area contributed by atoms with E-state index in [-0.39, 0.29) is 12.2 Å². The maximum atomic E-state index is 11.0. The molecule has 0 fully saturated rings. The van der Waals surface area contributed by atoms with E-state index in [2.05, 4.69) is 4.74 Å². The lowest BCUT2D eigenvalue weighted by Crippen LogP contribution is -1.99. The number of hydrogen-bond donors (Lipinski definition) is 0. The smallest absolute Gasteiger partial charge is 0.339 e. The van der Waals surface area contributed by atoms with Crippen LogP contribution in [0.1, 0.15) is 0 Å². The second kappa shape index (κ2) is 3.33. The van der Waals surface area contributed by atoms with E-state index in [1.54, 1.807) is 24.3 Å². The standard InChI is InChI=1S/C10H6O4/c11-6-13-9-5-10(12)14-8-4-2-1-3-7(8)9/h1-6H. The fourth-order valence-corrected chi connectivity index (χ4v) is 1.23. The molecule has 0 aliphatic heterocycles. The molecule has 0 N–H and O–H groups in total.